The molecule has 1 aromatic heterocycles. The molecule has 0 amide bonds. The summed E-state index contributed by atoms with van der Waals surface area (Å²) < 4.78 is 13.1. The first-order chi connectivity index (χ1) is 15.7. The molecule has 32 heavy (non-hydrogen) atoms. The number of aromatic nitrogens is 3. The number of nitrogens with zero attached hydrogens (tertiary/aromatic N) is 4. The lowest BCUT2D eigenvalue weighted by Gasteiger charge is -2.16. The summed E-state index contributed by atoms with van der Waals surface area (Å²) >= 11 is 0. The van der Waals surface area contributed by atoms with Crippen molar-refractivity contribution in [3.63, 3.8) is 0 Å². The number of ether oxygens (including phenoxy) is 2. The van der Waals surface area contributed by atoms with Crippen LogP contribution in [0.4, 0.5) is 0 Å². The van der Waals surface area contributed by atoms with E-state index in [1.165, 1.54) is 11.1 Å². The summed E-state index contributed by atoms with van der Waals surface area (Å²) in [6.45, 7) is 7.81. The fourth-order valence-electron chi connectivity index (χ4n) is 3.22. The Balaban J connectivity index is 1.53. The molecule has 170 valence electrons. The van der Waals surface area contributed by atoms with Crippen LogP contribution in [0.2, 0.25) is 0 Å². The van der Waals surface area contributed by atoms with E-state index < -0.39 is 0 Å². The highest BCUT2D eigenvalue weighted by Gasteiger charge is 2.07. The van der Waals surface area contributed by atoms with Crippen molar-refractivity contribution in [3.05, 3.63) is 77.4 Å². The monoisotopic (exact) mass is 436 g/mol. The number of rotatable bonds is 11. The van der Waals surface area contributed by atoms with Gasteiger partial charge in [0.2, 0.25) is 0 Å². The summed E-state index contributed by atoms with van der Waals surface area (Å²) in [5.74, 6) is 1.60. The summed E-state index contributed by atoms with van der Waals surface area (Å²) in [6, 6.07) is 14.6. The molecule has 0 saturated carbocycles. The molecule has 0 saturated heterocycles. The van der Waals surface area contributed by atoms with Gasteiger partial charge in [-0.1, -0.05) is 36.4 Å². The Labute approximate surface area is 189 Å². The summed E-state index contributed by atoms with van der Waals surface area (Å²) in [4.78, 5) is 8.34. The molecule has 8 heteroatoms. The minimum absolute atomic E-state index is 0.530. The van der Waals surface area contributed by atoms with Crippen LogP contribution in [-0.4, -0.2) is 47.6 Å². The zero-order chi connectivity index (χ0) is 22.6. The van der Waals surface area contributed by atoms with E-state index in [-0.39, 0.29) is 0 Å². The van der Waals surface area contributed by atoms with Gasteiger partial charge in [-0.05, 0) is 36.6 Å². The summed E-state index contributed by atoms with van der Waals surface area (Å²) in [5.41, 5.74) is 4.57. The predicted molar refractivity (Wildman–Crippen MR) is 126 cm³/mol. The second kappa shape index (κ2) is 12.5. The molecule has 0 aliphatic carbocycles. The maximum Gasteiger partial charge on any atom is 0.191 e. The Morgan fingerprint density at radius 3 is 2.69 bits per heavy atom. The van der Waals surface area contributed by atoms with E-state index >= 15 is 0 Å². The topological polar surface area (TPSA) is 85.6 Å². The second-order valence-electron chi connectivity index (χ2n) is 7.35. The van der Waals surface area contributed by atoms with Crippen LogP contribution in [-0.2, 0) is 24.4 Å². The molecule has 2 N–H and O–H groups in total. The molecule has 0 spiro atoms. The quantitative estimate of drug-likeness (QED) is 0.273. The first kappa shape index (κ1) is 23.3. The summed E-state index contributed by atoms with van der Waals surface area (Å²) in [5, 5.41) is 10.9. The van der Waals surface area contributed by atoms with Crippen molar-refractivity contribution < 1.29 is 9.47 Å². The minimum Gasteiger partial charge on any atom is -0.491 e. The Hall–Kier alpha value is -3.39. The minimum atomic E-state index is 0.530. The van der Waals surface area contributed by atoms with Gasteiger partial charge in [-0.25, -0.2) is 9.67 Å². The molecule has 3 aromatic rings. The maximum absolute atomic E-state index is 5.93. The van der Waals surface area contributed by atoms with E-state index in [4.69, 9.17) is 9.47 Å². The number of aliphatic imine (C=N–C) groups is 1. The largest absolute Gasteiger partial charge is 0.491 e. The molecular weight excluding hydrogens is 404 g/mol. The Kier molecular flexibility index (Phi) is 9.06. The van der Waals surface area contributed by atoms with E-state index in [1.54, 1.807) is 19.7 Å². The van der Waals surface area contributed by atoms with Crippen molar-refractivity contribution in [3.8, 4) is 5.75 Å². The van der Waals surface area contributed by atoms with Crippen LogP contribution in [0.25, 0.3) is 0 Å². The summed E-state index contributed by atoms with van der Waals surface area (Å²) in [6.07, 6.45) is 3.27. The normalized spacial score (nSPS) is 11.4. The van der Waals surface area contributed by atoms with Gasteiger partial charge in [0, 0.05) is 32.3 Å². The lowest BCUT2D eigenvalue weighted by atomic mass is 10.1. The Morgan fingerprint density at radius 1 is 1.06 bits per heavy atom. The number of aryl methyl sites for hydroxylation is 1. The lowest BCUT2D eigenvalue weighted by Crippen LogP contribution is -2.36. The standard InChI is InChI=1S/C24H32N6O2/c1-4-31-10-11-32-23-12-19(2)8-9-22(23)15-28-24(25-3)27-14-20-6-5-7-21(13-20)16-30-18-26-17-29-30/h5-9,12-13,17-18H,4,10-11,14-16H2,1-3H3,(H2,25,27,28). The van der Waals surface area contributed by atoms with Crippen molar-refractivity contribution in [1.82, 2.24) is 25.4 Å². The smallest absolute Gasteiger partial charge is 0.191 e. The van der Waals surface area contributed by atoms with Gasteiger partial charge in [0.05, 0.1) is 13.2 Å². The number of nitrogens with one attached hydrogen (secondary N) is 2. The highest BCUT2D eigenvalue weighted by molar-refractivity contribution is 5.79. The van der Waals surface area contributed by atoms with E-state index in [2.05, 4.69) is 75.1 Å². The van der Waals surface area contributed by atoms with Crippen molar-refractivity contribution in [2.75, 3.05) is 26.9 Å². The first-order valence-corrected chi connectivity index (χ1v) is 10.8. The van der Waals surface area contributed by atoms with Gasteiger partial charge in [0.1, 0.15) is 25.0 Å². The van der Waals surface area contributed by atoms with E-state index in [9.17, 15) is 0 Å². The molecule has 0 radical (unpaired) electrons. The van der Waals surface area contributed by atoms with Gasteiger partial charge in [-0.15, -0.1) is 0 Å². The van der Waals surface area contributed by atoms with Crippen molar-refractivity contribution in [2.45, 2.75) is 33.5 Å². The molecule has 0 fully saturated rings. The zero-order valence-corrected chi connectivity index (χ0v) is 19.0. The SMILES string of the molecule is CCOCCOc1cc(C)ccc1CNC(=NC)NCc1cccc(Cn2cncn2)c1. The Morgan fingerprint density at radius 2 is 1.91 bits per heavy atom. The van der Waals surface area contributed by atoms with E-state index in [0.29, 0.717) is 39.5 Å². The molecule has 0 bridgehead atoms. The fourth-order valence-corrected chi connectivity index (χ4v) is 3.22. The third-order valence-corrected chi connectivity index (χ3v) is 4.84. The number of hydrogen-bond acceptors (Lipinski definition) is 5. The van der Waals surface area contributed by atoms with Crippen LogP contribution >= 0.6 is 0 Å². The van der Waals surface area contributed by atoms with Crippen LogP contribution < -0.4 is 15.4 Å². The van der Waals surface area contributed by atoms with Gasteiger partial charge < -0.3 is 20.1 Å². The number of guanidine groups is 1. The highest BCUT2D eigenvalue weighted by atomic mass is 16.5. The zero-order valence-electron chi connectivity index (χ0n) is 19.0. The first-order valence-electron chi connectivity index (χ1n) is 10.8. The van der Waals surface area contributed by atoms with Crippen molar-refractivity contribution in [2.24, 2.45) is 4.99 Å². The number of hydrogen-bond donors (Lipinski definition) is 2. The van der Waals surface area contributed by atoms with Gasteiger partial charge in [0.15, 0.2) is 5.96 Å². The second-order valence-corrected chi connectivity index (χ2v) is 7.35. The third-order valence-electron chi connectivity index (χ3n) is 4.84. The van der Waals surface area contributed by atoms with Crippen LogP contribution in [0.1, 0.15) is 29.2 Å². The molecule has 0 aliphatic heterocycles. The van der Waals surface area contributed by atoms with Crippen LogP contribution in [0.3, 0.4) is 0 Å². The van der Waals surface area contributed by atoms with Gasteiger partial charge in [0.25, 0.3) is 0 Å². The predicted octanol–water partition coefficient (Wildman–Crippen LogP) is 2.92. The molecule has 0 unspecified atom stereocenters. The fraction of sp³-hybridized carbons (Fsp3) is 0.375. The van der Waals surface area contributed by atoms with Crippen LogP contribution in [0.15, 0.2) is 60.1 Å². The summed E-state index contributed by atoms with van der Waals surface area (Å²) in [7, 11) is 1.77. The lowest BCUT2D eigenvalue weighted by molar-refractivity contribution is 0.110. The van der Waals surface area contributed by atoms with Crippen LogP contribution in [0.5, 0.6) is 5.75 Å². The molecule has 8 nitrogen and oxygen atoms in total. The van der Waals surface area contributed by atoms with E-state index in [0.717, 1.165) is 22.8 Å². The third kappa shape index (κ3) is 7.39. The average Bonchev–Trinajstić information content (AvgIpc) is 3.31. The molecular formula is C24H32N6O2. The van der Waals surface area contributed by atoms with Gasteiger partial charge >= 0.3 is 0 Å². The van der Waals surface area contributed by atoms with Gasteiger partial charge in [-0.2, -0.15) is 5.10 Å². The van der Waals surface area contributed by atoms with Crippen molar-refractivity contribution >= 4 is 5.96 Å². The average molecular weight is 437 g/mol. The molecule has 0 atom stereocenters. The number of benzene rings is 2. The van der Waals surface area contributed by atoms with Gasteiger partial charge in [-0.3, -0.25) is 4.99 Å². The molecule has 1 heterocycles. The van der Waals surface area contributed by atoms with Crippen LogP contribution in [0, 0.1) is 6.92 Å². The Bertz CT molecular complexity index is 988. The molecule has 2 aromatic carbocycles. The van der Waals surface area contributed by atoms with E-state index in [1.807, 2.05) is 11.6 Å². The maximum atomic E-state index is 5.93. The molecule has 0 aliphatic rings. The molecule has 3 rings (SSSR count). The van der Waals surface area contributed by atoms with Crippen molar-refractivity contribution in [1.29, 1.82) is 0 Å². The highest BCUT2D eigenvalue weighted by Crippen LogP contribution is 2.20.